The summed E-state index contributed by atoms with van der Waals surface area (Å²) in [5, 5.41) is 2.41. The normalized spacial score (nSPS) is 17.1. The van der Waals surface area contributed by atoms with Gasteiger partial charge in [0.2, 0.25) is 0 Å². The van der Waals surface area contributed by atoms with Crippen molar-refractivity contribution >= 4 is 11.9 Å². The fourth-order valence-corrected chi connectivity index (χ4v) is 3.33. The number of halogens is 6. The molecule has 1 N–H and O–H groups in total. The quantitative estimate of drug-likeness (QED) is 0.535. The molecule has 1 heterocycles. The lowest BCUT2D eigenvalue weighted by molar-refractivity contribution is -0.144. The van der Waals surface area contributed by atoms with Crippen molar-refractivity contribution in [1.82, 2.24) is 5.32 Å². The molecule has 1 atom stereocenters. The van der Waals surface area contributed by atoms with Gasteiger partial charge in [0.1, 0.15) is 18.3 Å². The third-order valence-electron chi connectivity index (χ3n) is 4.46. The van der Waals surface area contributed by atoms with Crippen LogP contribution in [0.15, 0.2) is 34.7 Å². The SMILES string of the molecule is COC(=O)C1=C(CF)NC(C)=C(C(=O)OC(C)C)C1c1c(F)ccc(F)c1C(F)(F)F. The van der Waals surface area contributed by atoms with Gasteiger partial charge in [0.05, 0.1) is 41.5 Å². The van der Waals surface area contributed by atoms with Crippen molar-refractivity contribution in [2.75, 3.05) is 13.8 Å². The average Bonchev–Trinajstić information content (AvgIpc) is 2.66. The van der Waals surface area contributed by atoms with E-state index in [1.807, 2.05) is 0 Å². The third-order valence-corrected chi connectivity index (χ3v) is 4.46. The molecule has 1 unspecified atom stereocenters. The summed E-state index contributed by atoms with van der Waals surface area (Å²) >= 11 is 0. The summed E-state index contributed by atoms with van der Waals surface area (Å²) in [5.74, 6) is -8.05. The van der Waals surface area contributed by atoms with Gasteiger partial charge >= 0.3 is 18.1 Å². The van der Waals surface area contributed by atoms with Gasteiger partial charge in [-0.25, -0.2) is 22.8 Å². The van der Waals surface area contributed by atoms with E-state index in [1.165, 1.54) is 20.8 Å². The first-order valence-electron chi connectivity index (χ1n) is 8.96. The summed E-state index contributed by atoms with van der Waals surface area (Å²) in [6, 6.07) is 0.690. The molecule has 31 heavy (non-hydrogen) atoms. The number of methoxy groups -OCH3 is 1. The molecular weight excluding hydrogens is 432 g/mol. The van der Waals surface area contributed by atoms with Crippen LogP contribution in [0.25, 0.3) is 0 Å². The van der Waals surface area contributed by atoms with Gasteiger partial charge in [-0.3, -0.25) is 0 Å². The van der Waals surface area contributed by atoms with Gasteiger partial charge in [-0.2, -0.15) is 13.2 Å². The molecule has 1 aliphatic heterocycles. The minimum absolute atomic E-state index is 0.187. The molecule has 11 heteroatoms. The summed E-state index contributed by atoms with van der Waals surface area (Å²) in [4.78, 5) is 25.1. The van der Waals surface area contributed by atoms with Gasteiger partial charge in [-0.15, -0.1) is 0 Å². The van der Waals surface area contributed by atoms with Crippen LogP contribution in [0.4, 0.5) is 26.3 Å². The smallest absolute Gasteiger partial charge is 0.419 e. The Morgan fingerprint density at radius 2 is 1.68 bits per heavy atom. The molecule has 5 nitrogen and oxygen atoms in total. The average molecular weight is 451 g/mol. The number of hydrogen-bond donors (Lipinski definition) is 1. The van der Waals surface area contributed by atoms with Crippen LogP contribution in [0, 0.1) is 11.6 Å². The van der Waals surface area contributed by atoms with Crippen LogP contribution in [0.3, 0.4) is 0 Å². The predicted molar refractivity (Wildman–Crippen MR) is 96.2 cm³/mol. The molecular formula is C20H19F6NO4. The van der Waals surface area contributed by atoms with Crippen LogP contribution >= 0.6 is 0 Å². The first kappa shape index (κ1) is 24.3. The lowest BCUT2D eigenvalue weighted by Gasteiger charge is -2.32. The first-order chi connectivity index (χ1) is 14.3. The van der Waals surface area contributed by atoms with Crippen LogP contribution in [0.5, 0.6) is 0 Å². The number of rotatable bonds is 5. The van der Waals surface area contributed by atoms with Crippen LogP contribution in [-0.4, -0.2) is 31.8 Å². The second kappa shape index (κ2) is 9.03. The van der Waals surface area contributed by atoms with Gasteiger partial charge < -0.3 is 14.8 Å². The lowest BCUT2D eigenvalue weighted by atomic mass is 9.78. The number of carbonyl (C=O) groups is 2. The summed E-state index contributed by atoms with van der Waals surface area (Å²) < 4.78 is 93.5. The number of benzene rings is 1. The van der Waals surface area contributed by atoms with Gasteiger partial charge in [0, 0.05) is 11.3 Å². The highest BCUT2D eigenvalue weighted by Crippen LogP contribution is 2.46. The first-order valence-corrected chi connectivity index (χ1v) is 8.96. The molecule has 0 bridgehead atoms. The van der Waals surface area contributed by atoms with E-state index in [-0.39, 0.29) is 11.8 Å². The number of dihydropyridines is 1. The second-order valence-electron chi connectivity index (χ2n) is 6.88. The van der Waals surface area contributed by atoms with Crippen molar-refractivity contribution in [3.8, 4) is 0 Å². The minimum atomic E-state index is -5.40. The van der Waals surface area contributed by atoms with Crippen LogP contribution in [0.1, 0.15) is 37.8 Å². The monoisotopic (exact) mass is 451 g/mol. The highest BCUT2D eigenvalue weighted by atomic mass is 19.4. The van der Waals surface area contributed by atoms with E-state index in [9.17, 15) is 35.9 Å². The maximum atomic E-state index is 14.8. The Hall–Kier alpha value is -2.98. The van der Waals surface area contributed by atoms with E-state index in [0.29, 0.717) is 6.07 Å². The zero-order chi connectivity index (χ0) is 23.7. The number of alkyl halides is 4. The molecule has 1 aromatic rings. The van der Waals surface area contributed by atoms with Crippen molar-refractivity contribution in [3.05, 3.63) is 57.4 Å². The third kappa shape index (κ3) is 4.70. The molecule has 0 saturated carbocycles. The second-order valence-corrected chi connectivity index (χ2v) is 6.88. The number of esters is 2. The Balaban J connectivity index is 2.98. The molecule has 1 aromatic carbocycles. The standard InChI is InChI=1S/C20H19F6NO4/c1-8(2)31-19(29)13-9(3)27-12(7-21)15(18(28)30-4)16(13)14-10(22)5-6-11(23)17(14)20(24,25)26/h5-6,8,16,27H,7H2,1-4H3. The highest BCUT2D eigenvalue weighted by molar-refractivity contribution is 6.00. The molecule has 0 aromatic heterocycles. The topological polar surface area (TPSA) is 64.6 Å². The van der Waals surface area contributed by atoms with Crippen LogP contribution in [-0.2, 0) is 25.2 Å². The van der Waals surface area contributed by atoms with Crippen molar-refractivity contribution in [2.24, 2.45) is 0 Å². The molecule has 0 radical (unpaired) electrons. The number of ether oxygens (including phenoxy) is 2. The van der Waals surface area contributed by atoms with E-state index in [4.69, 9.17) is 4.74 Å². The molecule has 1 aliphatic rings. The van der Waals surface area contributed by atoms with Crippen molar-refractivity contribution in [1.29, 1.82) is 0 Å². The fraction of sp³-hybridized carbons (Fsp3) is 0.400. The number of hydrogen-bond acceptors (Lipinski definition) is 5. The molecule has 0 spiro atoms. The number of allylic oxidation sites excluding steroid dienone is 2. The van der Waals surface area contributed by atoms with Crippen LogP contribution in [0.2, 0.25) is 0 Å². The summed E-state index contributed by atoms with van der Waals surface area (Å²) in [6.07, 6.45) is -6.13. The maximum Gasteiger partial charge on any atom is 0.419 e. The summed E-state index contributed by atoms with van der Waals surface area (Å²) in [6.45, 7) is 2.72. The van der Waals surface area contributed by atoms with E-state index in [2.05, 4.69) is 10.1 Å². The Bertz CT molecular complexity index is 965. The summed E-state index contributed by atoms with van der Waals surface area (Å²) in [5.41, 5.74) is -5.53. The van der Waals surface area contributed by atoms with Crippen molar-refractivity contribution < 1.29 is 45.4 Å². The van der Waals surface area contributed by atoms with E-state index >= 15 is 0 Å². The van der Waals surface area contributed by atoms with E-state index in [0.717, 1.165) is 7.11 Å². The molecule has 0 aliphatic carbocycles. The Kier molecular flexibility index (Phi) is 7.07. The van der Waals surface area contributed by atoms with Crippen molar-refractivity contribution in [2.45, 2.75) is 39.0 Å². The highest BCUT2D eigenvalue weighted by Gasteiger charge is 2.47. The number of nitrogens with one attached hydrogen (secondary N) is 1. The zero-order valence-electron chi connectivity index (χ0n) is 16.9. The van der Waals surface area contributed by atoms with E-state index < -0.39 is 76.4 Å². The molecule has 0 fully saturated rings. The fourth-order valence-electron chi connectivity index (χ4n) is 3.33. The van der Waals surface area contributed by atoms with Gasteiger partial charge in [-0.05, 0) is 32.9 Å². The Morgan fingerprint density at radius 1 is 1.10 bits per heavy atom. The maximum absolute atomic E-state index is 14.8. The Labute approximate surface area is 173 Å². The van der Waals surface area contributed by atoms with Gasteiger partial charge in [0.15, 0.2) is 0 Å². The molecule has 170 valence electrons. The van der Waals surface area contributed by atoms with Crippen molar-refractivity contribution in [3.63, 3.8) is 0 Å². The molecule has 2 rings (SSSR count). The largest absolute Gasteiger partial charge is 0.466 e. The van der Waals surface area contributed by atoms with E-state index in [1.54, 1.807) is 0 Å². The zero-order valence-corrected chi connectivity index (χ0v) is 16.9. The minimum Gasteiger partial charge on any atom is -0.466 e. The predicted octanol–water partition coefficient (Wildman–Crippen LogP) is 4.29. The summed E-state index contributed by atoms with van der Waals surface area (Å²) in [7, 11) is 0.867. The van der Waals surface area contributed by atoms with Gasteiger partial charge in [0.25, 0.3) is 0 Å². The van der Waals surface area contributed by atoms with Gasteiger partial charge in [-0.1, -0.05) is 0 Å². The lowest BCUT2D eigenvalue weighted by Crippen LogP contribution is -2.35. The van der Waals surface area contributed by atoms with Crippen LogP contribution < -0.4 is 5.32 Å². The Morgan fingerprint density at radius 3 is 2.16 bits per heavy atom. The molecule has 0 saturated heterocycles. The number of carbonyl (C=O) groups excluding carboxylic acids is 2. The molecule has 0 amide bonds.